The van der Waals surface area contributed by atoms with Gasteiger partial charge in [-0.1, -0.05) is 13.0 Å². The average Bonchev–Trinajstić information content (AvgIpc) is 3.80. The first-order chi connectivity index (χ1) is 21.5. The minimum Gasteiger partial charge on any atom is -0.492 e. The predicted molar refractivity (Wildman–Crippen MR) is 170 cm³/mol. The maximum atomic E-state index is 14.8. The number of nitrogens with zero attached hydrogens (tertiary/aromatic N) is 4. The highest BCUT2D eigenvalue weighted by Gasteiger charge is 2.17. The van der Waals surface area contributed by atoms with Crippen LogP contribution in [-0.4, -0.2) is 62.2 Å². The molecule has 1 saturated heterocycles. The van der Waals surface area contributed by atoms with Crippen LogP contribution in [0.5, 0.6) is 5.75 Å². The monoisotopic (exact) mass is 589 g/mol. The van der Waals surface area contributed by atoms with Crippen LogP contribution in [0, 0.1) is 5.82 Å². The maximum Gasteiger partial charge on any atom is 0.224 e. The first-order valence-electron chi connectivity index (χ1n) is 14.9. The van der Waals surface area contributed by atoms with E-state index in [0.717, 1.165) is 64.0 Å². The van der Waals surface area contributed by atoms with Crippen LogP contribution in [0.3, 0.4) is 0 Å². The number of hydrogen-bond donors (Lipinski definition) is 3. The molecule has 1 amide bonds. The van der Waals surface area contributed by atoms with Crippen LogP contribution in [0.1, 0.15) is 26.2 Å². The molecule has 0 saturated carbocycles. The summed E-state index contributed by atoms with van der Waals surface area (Å²) < 4.78 is 20.7. The Morgan fingerprint density at radius 3 is 2.68 bits per heavy atom. The molecule has 6 aromatic rings. The second kappa shape index (κ2) is 11.9. The van der Waals surface area contributed by atoms with E-state index < -0.39 is 0 Å². The number of carbonyl (C=O) groups is 1. The van der Waals surface area contributed by atoms with Crippen LogP contribution >= 0.6 is 0 Å². The van der Waals surface area contributed by atoms with Crippen molar-refractivity contribution in [3.05, 3.63) is 79.0 Å². The molecule has 10 heteroatoms. The van der Waals surface area contributed by atoms with E-state index in [1.54, 1.807) is 18.6 Å². The van der Waals surface area contributed by atoms with E-state index in [9.17, 15) is 9.18 Å². The third-order valence-electron chi connectivity index (χ3n) is 8.06. The van der Waals surface area contributed by atoms with Crippen LogP contribution in [0.4, 0.5) is 10.1 Å². The lowest BCUT2D eigenvalue weighted by atomic mass is 10.0. The number of rotatable bonds is 9. The van der Waals surface area contributed by atoms with Crippen molar-refractivity contribution in [1.29, 1.82) is 0 Å². The summed E-state index contributed by atoms with van der Waals surface area (Å²) >= 11 is 0. The lowest BCUT2D eigenvalue weighted by Gasteiger charge is -2.15. The van der Waals surface area contributed by atoms with Gasteiger partial charge in [0.05, 0.1) is 28.8 Å². The molecule has 0 aliphatic carbocycles. The zero-order valence-corrected chi connectivity index (χ0v) is 24.4. The van der Waals surface area contributed by atoms with Gasteiger partial charge in [0.15, 0.2) is 0 Å². The summed E-state index contributed by atoms with van der Waals surface area (Å²) in [6.45, 7) is 5.34. The molecule has 7 rings (SSSR count). The number of pyridine rings is 2. The molecule has 9 nitrogen and oxygen atoms in total. The van der Waals surface area contributed by atoms with Crippen LogP contribution in [0.2, 0.25) is 0 Å². The Morgan fingerprint density at radius 2 is 1.82 bits per heavy atom. The number of aromatic amines is 2. The van der Waals surface area contributed by atoms with Gasteiger partial charge in [-0.15, -0.1) is 0 Å². The topological polar surface area (TPSA) is 112 Å². The summed E-state index contributed by atoms with van der Waals surface area (Å²) in [6.07, 6.45) is 7.96. The summed E-state index contributed by atoms with van der Waals surface area (Å²) in [6, 6.07) is 16.6. The van der Waals surface area contributed by atoms with Crippen molar-refractivity contribution in [3.8, 4) is 39.5 Å². The van der Waals surface area contributed by atoms with E-state index in [-0.39, 0.29) is 11.7 Å². The van der Waals surface area contributed by atoms with Crippen LogP contribution in [0.25, 0.3) is 55.6 Å². The van der Waals surface area contributed by atoms with E-state index in [1.807, 2.05) is 43.3 Å². The van der Waals surface area contributed by atoms with Gasteiger partial charge < -0.3 is 15.0 Å². The van der Waals surface area contributed by atoms with Gasteiger partial charge in [0.25, 0.3) is 0 Å². The Balaban J connectivity index is 1.20. The van der Waals surface area contributed by atoms with Crippen molar-refractivity contribution < 1.29 is 13.9 Å². The molecule has 1 aliphatic heterocycles. The number of hydrogen-bond acceptors (Lipinski definition) is 6. The Kier molecular flexibility index (Phi) is 7.49. The quantitative estimate of drug-likeness (QED) is 0.171. The fourth-order valence-electron chi connectivity index (χ4n) is 5.81. The van der Waals surface area contributed by atoms with Crippen LogP contribution < -0.4 is 10.1 Å². The zero-order chi connectivity index (χ0) is 30.0. The Morgan fingerprint density at radius 1 is 0.955 bits per heavy atom. The third-order valence-corrected chi connectivity index (χ3v) is 8.06. The fourth-order valence-corrected chi connectivity index (χ4v) is 5.81. The van der Waals surface area contributed by atoms with Gasteiger partial charge in [0, 0.05) is 58.8 Å². The van der Waals surface area contributed by atoms with E-state index >= 15 is 0 Å². The molecule has 44 heavy (non-hydrogen) atoms. The van der Waals surface area contributed by atoms with Gasteiger partial charge in [0.2, 0.25) is 5.91 Å². The number of ether oxygens (including phenoxy) is 1. The van der Waals surface area contributed by atoms with Crippen LogP contribution in [0.15, 0.2) is 73.2 Å². The largest absolute Gasteiger partial charge is 0.492 e. The van der Waals surface area contributed by atoms with Crippen molar-refractivity contribution in [2.45, 2.75) is 26.2 Å². The number of carbonyl (C=O) groups excluding carboxylic acids is 1. The number of H-pyrrole nitrogens is 2. The maximum absolute atomic E-state index is 14.8. The number of aromatic nitrogens is 5. The van der Waals surface area contributed by atoms with Crippen molar-refractivity contribution in [2.75, 3.05) is 31.6 Å². The predicted octanol–water partition coefficient (Wildman–Crippen LogP) is 6.80. The van der Waals surface area contributed by atoms with Crippen LogP contribution in [-0.2, 0) is 4.79 Å². The third kappa shape index (κ3) is 5.63. The molecule has 3 N–H and O–H groups in total. The second-order valence-electron chi connectivity index (χ2n) is 11.1. The fraction of sp³-hybridized carbons (Fsp3) is 0.235. The van der Waals surface area contributed by atoms with Gasteiger partial charge in [-0.3, -0.25) is 24.8 Å². The summed E-state index contributed by atoms with van der Waals surface area (Å²) in [5, 5.41) is 12.4. The van der Waals surface area contributed by atoms with E-state index in [4.69, 9.17) is 4.74 Å². The molecule has 222 valence electrons. The molecule has 0 unspecified atom stereocenters. The molecule has 1 aliphatic rings. The Labute approximate surface area is 253 Å². The number of nitrogens with one attached hydrogen (secondary N) is 3. The number of likely N-dealkylation sites (tertiary alicyclic amines) is 1. The van der Waals surface area contributed by atoms with Crippen molar-refractivity contribution >= 4 is 33.4 Å². The lowest BCUT2D eigenvalue weighted by molar-refractivity contribution is -0.115. The SMILES string of the molecule is CCC(=O)Nc1cncc(-c2ccc3[nH]nc(-c4cc5c(-c6cc(F)cc(OCCN7CCCC7)c6)nccc5[nH]4)c3c2)c1. The molecule has 1 fully saturated rings. The van der Waals surface area contributed by atoms with E-state index in [2.05, 4.69) is 41.4 Å². The van der Waals surface area contributed by atoms with Crippen molar-refractivity contribution in [1.82, 2.24) is 30.0 Å². The average molecular weight is 590 g/mol. The highest BCUT2D eigenvalue weighted by atomic mass is 19.1. The van der Waals surface area contributed by atoms with Gasteiger partial charge in [-0.25, -0.2) is 4.39 Å². The van der Waals surface area contributed by atoms with E-state index in [0.29, 0.717) is 35.7 Å². The summed E-state index contributed by atoms with van der Waals surface area (Å²) in [4.78, 5) is 26.7. The first-order valence-corrected chi connectivity index (χ1v) is 14.9. The zero-order valence-electron chi connectivity index (χ0n) is 24.4. The number of amides is 1. The van der Waals surface area contributed by atoms with Crippen molar-refractivity contribution in [3.63, 3.8) is 0 Å². The number of halogens is 1. The molecule has 2 aromatic carbocycles. The molecular formula is C34H32FN7O2. The minimum absolute atomic E-state index is 0.0660. The number of anilines is 1. The molecule has 4 aromatic heterocycles. The standard InChI is InChI=1S/C34H32FN7O2/c1-2-32(43)38-25-14-23(19-36-20-25)21-5-6-30-27(16-21)34(41-40-30)31-18-28-29(39-31)7-8-37-33(28)22-13-24(35)17-26(15-22)44-12-11-42-9-3-4-10-42/h5-8,13-20,39H,2-4,9-12H2,1H3,(H,38,43)(H,40,41). The molecular weight excluding hydrogens is 557 g/mol. The highest BCUT2D eigenvalue weighted by Crippen LogP contribution is 2.35. The Hall–Kier alpha value is -5.09. The van der Waals surface area contributed by atoms with Crippen molar-refractivity contribution in [2.24, 2.45) is 0 Å². The molecule has 5 heterocycles. The van der Waals surface area contributed by atoms with Gasteiger partial charge in [-0.05, 0) is 74.0 Å². The summed E-state index contributed by atoms with van der Waals surface area (Å²) in [7, 11) is 0. The second-order valence-corrected chi connectivity index (χ2v) is 11.1. The van der Waals surface area contributed by atoms with Gasteiger partial charge in [-0.2, -0.15) is 5.10 Å². The number of fused-ring (bicyclic) bond motifs is 2. The minimum atomic E-state index is -0.369. The normalized spacial score (nSPS) is 13.6. The van der Waals surface area contributed by atoms with Gasteiger partial charge >= 0.3 is 0 Å². The highest BCUT2D eigenvalue weighted by molar-refractivity contribution is 6.01. The molecule has 0 spiro atoms. The number of benzene rings is 2. The Bertz CT molecular complexity index is 1980. The molecule has 0 radical (unpaired) electrons. The lowest BCUT2D eigenvalue weighted by Crippen LogP contribution is -2.25. The summed E-state index contributed by atoms with van der Waals surface area (Å²) in [5.41, 5.74) is 7.06. The molecule has 0 atom stereocenters. The summed E-state index contributed by atoms with van der Waals surface area (Å²) in [5.74, 6) is 0.0583. The van der Waals surface area contributed by atoms with Gasteiger partial charge in [0.1, 0.15) is 23.9 Å². The molecule has 0 bridgehead atoms. The first kappa shape index (κ1) is 27.7. The smallest absolute Gasteiger partial charge is 0.224 e. The van der Waals surface area contributed by atoms with E-state index in [1.165, 1.54) is 25.0 Å².